The van der Waals surface area contributed by atoms with E-state index in [2.05, 4.69) is 5.32 Å². The van der Waals surface area contributed by atoms with E-state index in [0.29, 0.717) is 15.6 Å². The number of nitrogens with one attached hydrogen (secondary N) is 1. The van der Waals surface area contributed by atoms with Gasteiger partial charge in [-0.05, 0) is 37.6 Å². The predicted octanol–water partition coefficient (Wildman–Crippen LogP) is 5.25. The minimum atomic E-state index is -0.440. The number of rotatable bonds is 4. The van der Waals surface area contributed by atoms with Gasteiger partial charge in [0.1, 0.15) is 11.6 Å². The van der Waals surface area contributed by atoms with Crippen molar-refractivity contribution in [2.75, 3.05) is 0 Å². The third kappa shape index (κ3) is 3.88. The molecule has 0 aromatic heterocycles. The molecule has 0 saturated carbocycles. The van der Waals surface area contributed by atoms with Crippen LogP contribution in [0, 0.1) is 5.82 Å². The largest absolute Gasteiger partial charge is 0.508 e. The summed E-state index contributed by atoms with van der Waals surface area (Å²) in [5.74, 6) is -0.526. The van der Waals surface area contributed by atoms with Crippen LogP contribution in [-0.2, 0) is 0 Å². The Morgan fingerprint density at radius 3 is 2.24 bits per heavy atom. The average Bonchev–Trinajstić information content (AvgIpc) is 2.37. The maximum atomic E-state index is 13.8. The number of hydrogen-bond donors (Lipinski definition) is 2. The van der Waals surface area contributed by atoms with Crippen molar-refractivity contribution in [2.45, 2.75) is 25.9 Å². The van der Waals surface area contributed by atoms with Crippen LogP contribution in [0.25, 0.3) is 0 Å². The zero-order valence-electron chi connectivity index (χ0n) is 11.7. The maximum Gasteiger partial charge on any atom is 0.131 e. The van der Waals surface area contributed by atoms with Crippen molar-refractivity contribution >= 4 is 23.2 Å². The fraction of sp³-hybridized carbons (Fsp3) is 0.250. The van der Waals surface area contributed by atoms with Gasteiger partial charge in [0.2, 0.25) is 0 Å². The van der Waals surface area contributed by atoms with Gasteiger partial charge in [0.25, 0.3) is 0 Å². The average molecular weight is 328 g/mol. The van der Waals surface area contributed by atoms with E-state index in [1.165, 1.54) is 6.07 Å². The second-order valence-electron chi connectivity index (χ2n) is 4.98. The van der Waals surface area contributed by atoms with Crippen LogP contribution in [0.15, 0.2) is 36.4 Å². The topological polar surface area (TPSA) is 32.3 Å². The minimum absolute atomic E-state index is 0.0713. The Labute approximate surface area is 133 Å². The van der Waals surface area contributed by atoms with Crippen molar-refractivity contribution in [2.24, 2.45) is 0 Å². The molecule has 2 unspecified atom stereocenters. The Hall–Kier alpha value is -1.29. The fourth-order valence-corrected chi connectivity index (χ4v) is 2.85. The molecular weight excluding hydrogens is 312 g/mol. The summed E-state index contributed by atoms with van der Waals surface area (Å²) in [6, 6.07) is 9.14. The van der Waals surface area contributed by atoms with Gasteiger partial charge in [-0.15, -0.1) is 0 Å². The molecule has 0 fully saturated rings. The molecule has 112 valence electrons. The Morgan fingerprint density at radius 1 is 1.00 bits per heavy atom. The molecule has 0 heterocycles. The van der Waals surface area contributed by atoms with Gasteiger partial charge < -0.3 is 10.4 Å². The first-order valence-corrected chi connectivity index (χ1v) is 7.33. The molecule has 21 heavy (non-hydrogen) atoms. The molecule has 2 atom stereocenters. The second kappa shape index (κ2) is 6.65. The molecule has 0 aliphatic carbocycles. The van der Waals surface area contributed by atoms with Gasteiger partial charge >= 0.3 is 0 Å². The van der Waals surface area contributed by atoms with E-state index in [-0.39, 0.29) is 17.8 Å². The van der Waals surface area contributed by atoms with Crippen LogP contribution in [-0.4, -0.2) is 5.11 Å². The van der Waals surface area contributed by atoms with Crippen molar-refractivity contribution in [3.63, 3.8) is 0 Å². The molecular formula is C16H16Cl2FNO. The molecule has 2 N–H and O–H groups in total. The summed E-state index contributed by atoms with van der Waals surface area (Å²) in [4.78, 5) is 0. The lowest BCUT2D eigenvalue weighted by molar-refractivity contribution is 0.454. The van der Waals surface area contributed by atoms with Crippen molar-refractivity contribution in [1.82, 2.24) is 5.32 Å². The van der Waals surface area contributed by atoms with Crippen molar-refractivity contribution in [3.8, 4) is 5.75 Å². The summed E-state index contributed by atoms with van der Waals surface area (Å²) in [5, 5.41) is 13.7. The molecule has 2 aromatic rings. The van der Waals surface area contributed by atoms with Gasteiger partial charge in [-0.1, -0.05) is 35.3 Å². The number of benzene rings is 2. The first-order chi connectivity index (χ1) is 9.88. The zero-order valence-corrected chi connectivity index (χ0v) is 13.2. The molecule has 0 saturated heterocycles. The van der Waals surface area contributed by atoms with E-state index < -0.39 is 5.82 Å². The molecule has 2 nitrogen and oxygen atoms in total. The quantitative estimate of drug-likeness (QED) is 0.803. The number of phenols is 1. The number of halogens is 3. The van der Waals surface area contributed by atoms with E-state index in [0.717, 1.165) is 11.6 Å². The number of aromatic hydroxyl groups is 1. The molecule has 2 aromatic carbocycles. The van der Waals surface area contributed by atoms with E-state index in [9.17, 15) is 9.50 Å². The van der Waals surface area contributed by atoms with Crippen molar-refractivity contribution in [3.05, 3.63) is 63.4 Å². The maximum absolute atomic E-state index is 13.8. The van der Waals surface area contributed by atoms with Gasteiger partial charge in [0.05, 0.1) is 0 Å². The Morgan fingerprint density at radius 2 is 1.62 bits per heavy atom. The van der Waals surface area contributed by atoms with Crippen molar-refractivity contribution in [1.29, 1.82) is 0 Å². The van der Waals surface area contributed by atoms with Gasteiger partial charge in [0, 0.05) is 33.8 Å². The highest BCUT2D eigenvalue weighted by Crippen LogP contribution is 2.29. The third-order valence-corrected chi connectivity index (χ3v) is 3.94. The minimum Gasteiger partial charge on any atom is -0.508 e. The van der Waals surface area contributed by atoms with Gasteiger partial charge in [-0.3, -0.25) is 0 Å². The highest BCUT2D eigenvalue weighted by Gasteiger charge is 2.16. The first-order valence-electron chi connectivity index (χ1n) is 6.58. The normalized spacial score (nSPS) is 14.0. The molecule has 2 rings (SSSR count). The molecule has 0 bridgehead atoms. The molecule has 0 aliphatic rings. The molecule has 0 spiro atoms. The van der Waals surface area contributed by atoms with E-state index in [4.69, 9.17) is 23.2 Å². The van der Waals surface area contributed by atoms with E-state index in [1.54, 1.807) is 18.2 Å². The summed E-state index contributed by atoms with van der Waals surface area (Å²) in [5.41, 5.74) is 1.39. The van der Waals surface area contributed by atoms with Crippen LogP contribution in [0.4, 0.5) is 4.39 Å². The first kappa shape index (κ1) is 16.1. The van der Waals surface area contributed by atoms with E-state index in [1.807, 2.05) is 19.9 Å². The van der Waals surface area contributed by atoms with Crippen molar-refractivity contribution < 1.29 is 9.50 Å². The Kier molecular flexibility index (Phi) is 5.09. The van der Waals surface area contributed by atoms with Crippen LogP contribution >= 0.6 is 23.2 Å². The standard InChI is InChI=1S/C16H16Cl2FNO/c1-9(13-5-3-11(17)7-15(13)18)20-10(2)14-6-4-12(21)8-16(14)19/h3-10,20-21H,1-2H3. The SMILES string of the molecule is CC(NC(C)c1ccc(Cl)cc1Cl)c1ccc(O)cc1F. The molecule has 0 radical (unpaired) electrons. The van der Waals surface area contributed by atoms with Crippen LogP contribution in [0.2, 0.25) is 10.0 Å². The van der Waals surface area contributed by atoms with Gasteiger partial charge in [0.15, 0.2) is 0 Å². The monoisotopic (exact) mass is 327 g/mol. The van der Waals surface area contributed by atoms with E-state index >= 15 is 0 Å². The molecule has 0 aliphatic heterocycles. The van der Waals surface area contributed by atoms with Crippen LogP contribution < -0.4 is 5.32 Å². The summed E-state index contributed by atoms with van der Waals surface area (Å²) in [6.07, 6.45) is 0. The van der Waals surface area contributed by atoms with Crippen LogP contribution in [0.3, 0.4) is 0 Å². The summed E-state index contributed by atoms with van der Waals surface area (Å²) in [6.45, 7) is 3.81. The number of phenolic OH excluding ortho intramolecular Hbond substituents is 1. The lowest BCUT2D eigenvalue weighted by Crippen LogP contribution is -2.23. The van der Waals surface area contributed by atoms with Gasteiger partial charge in [-0.2, -0.15) is 0 Å². The third-order valence-electron chi connectivity index (χ3n) is 3.38. The number of hydrogen-bond acceptors (Lipinski definition) is 2. The highest BCUT2D eigenvalue weighted by atomic mass is 35.5. The summed E-state index contributed by atoms with van der Waals surface area (Å²) >= 11 is 12.1. The fourth-order valence-electron chi connectivity index (χ4n) is 2.27. The summed E-state index contributed by atoms with van der Waals surface area (Å²) in [7, 11) is 0. The predicted molar refractivity (Wildman–Crippen MR) is 84.5 cm³/mol. The smallest absolute Gasteiger partial charge is 0.131 e. The molecule has 0 amide bonds. The lowest BCUT2D eigenvalue weighted by atomic mass is 10.0. The molecule has 5 heteroatoms. The zero-order chi connectivity index (χ0) is 15.6. The van der Waals surface area contributed by atoms with Gasteiger partial charge in [-0.25, -0.2) is 4.39 Å². The Balaban J connectivity index is 2.16. The lowest BCUT2D eigenvalue weighted by Gasteiger charge is -2.22. The highest BCUT2D eigenvalue weighted by molar-refractivity contribution is 6.35. The van der Waals surface area contributed by atoms with Crippen LogP contribution in [0.5, 0.6) is 5.75 Å². The van der Waals surface area contributed by atoms with Crippen LogP contribution in [0.1, 0.15) is 37.1 Å². The second-order valence-corrected chi connectivity index (χ2v) is 5.83. The Bertz CT molecular complexity index is 593. The summed E-state index contributed by atoms with van der Waals surface area (Å²) < 4.78 is 13.8.